The van der Waals surface area contributed by atoms with Gasteiger partial charge in [-0.1, -0.05) is 30.3 Å². The van der Waals surface area contributed by atoms with Crippen LogP contribution in [0.25, 0.3) is 42.9 Å². The summed E-state index contributed by atoms with van der Waals surface area (Å²) < 4.78 is 0. The van der Waals surface area contributed by atoms with E-state index in [2.05, 4.69) is 48.7 Å². The first-order valence-corrected chi connectivity index (χ1v) is 9.79. The average molecular weight is 358 g/mol. The van der Waals surface area contributed by atoms with Crippen molar-refractivity contribution in [3.63, 3.8) is 0 Å². The molecule has 0 aliphatic carbocycles. The van der Waals surface area contributed by atoms with Gasteiger partial charge in [0.15, 0.2) is 0 Å². The molecule has 0 saturated carbocycles. The van der Waals surface area contributed by atoms with Crippen molar-refractivity contribution in [1.29, 1.82) is 0 Å². The molecule has 2 nitrogen and oxygen atoms in total. The van der Waals surface area contributed by atoms with E-state index >= 15 is 0 Å². The number of fused-ring (bicyclic) bond motifs is 2. The molecule has 25 heavy (non-hydrogen) atoms. The molecule has 0 bridgehead atoms. The Morgan fingerprint density at radius 1 is 0.680 bits per heavy atom. The van der Waals surface area contributed by atoms with Crippen LogP contribution in [-0.2, 0) is 0 Å². The van der Waals surface area contributed by atoms with E-state index in [1.165, 1.54) is 14.6 Å². The summed E-state index contributed by atoms with van der Waals surface area (Å²) in [5.74, 6) is 0. The van der Waals surface area contributed by atoms with E-state index in [9.17, 15) is 0 Å². The van der Waals surface area contributed by atoms with Crippen molar-refractivity contribution < 1.29 is 0 Å². The van der Waals surface area contributed by atoms with Crippen LogP contribution in [0.5, 0.6) is 0 Å². The lowest BCUT2D eigenvalue weighted by atomic mass is 10.0. The fourth-order valence-electron chi connectivity index (χ4n) is 3.11. The highest BCUT2D eigenvalue weighted by atomic mass is 32.1. The van der Waals surface area contributed by atoms with Gasteiger partial charge in [0.2, 0.25) is 0 Å². The van der Waals surface area contributed by atoms with Crippen molar-refractivity contribution in [1.82, 2.24) is 9.97 Å². The number of hydrogen-bond acceptors (Lipinski definition) is 4. The zero-order valence-corrected chi connectivity index (χ0v) is 15.2. The number of aromatic nitrogens is 2. The van der Waals surface area contributed by atoms with Gasteiger partial charge in [0.05, 0.1) is 22.1 Å². The highest BCUT2D eigenvalue weighted by molar-refractivity contribution is 7.15. The fourth-order valence-corrected chi connectivity index (χ4v) is 4.76. The molecule has 3 heterocycles. The van der Waals surface area contributed by atoms with Crippen molar-refractivity contribution in [2.45, 2.75) is 6.92 Å². The Morgan fingerprint density at radius 2 is 1.36 bits per heavy atom. The third kappa shape index (κ3) is 2.46. The molecule has 5 rings (SSSR count). The number of hydrogen-bond donors (Lipinski definition) is 0. The minimum absolute atomic E-state index is 0.937. The van der Waals surface area contributed by atoms with Crippen LogP contribution >= 0.6 is 22.7 Å². The maximum atomic E-state index is 4.98. The summed E-state index contributed by atoms with van der Waals surface area (Å²) in [6, 6.07) is 21.0. The summed E-state index contributed by atoms with van der Waals surface area (Å²) in [7, 11) is 0. The van der Waals surface area contributed by atoms with Crippen molar-refractivity contribution >= 4 is 44.7 Å². The van der Waals surface area contributed by atoms with Crippen LogP contribution in [0.3, 0.4) is 0 Å². The third-order valence-corrected chi connectivity index (χ3v) is 6.23. The number of nitrogens with zero attached hydrogens (tertiary/aromatic N) is 2. The van der Waals surface area contributed by atoms with Crippen molar-refractivity contribution in [2.24, 2.45) is 0 Å². The number of thiophene rings is 2. The lowest BCUT2D eigenvalue weighted by molar-refractivity contribution is 1.40. The monoisotopic (exact) mass is 358 g/mol. The molecular weight excluding hydrogens is 344 g/mol. The Hall–Kier alpha value is -2.56. The van der Waals surface area contributed by atoms with Crippen molar-refractivity contribution in [3.05, 3.63) is 70.9 Å². The van der Waals surface area contributed by atoms with E-state index in [1.54, 1.807) is 22.7 Å². The first-order chi connectivity index (χ1) is 12.3. The highest BCUT2D eigenvalue weighted by Gasteiger charge is 2.15. The zero-order chi connectivity index (χ0) is 16.8. The van der Waals surface area contributed by atoms with Gasteiger partial charge in [0.25, 0.3) is 0 Å². The molecule has 3 aromatic heterocycles. The SMILES string of the molecule is Cc1ccc(-c2ccc(-c3cccs3)c3nc4ccccc4nc23)s1. The fraction of sp³-hybridized carbons (Fsp3) is 0.0476. The van der Waals surface area contributed by atoms with Gasteiger partial charge in [-0.2, -0.15) is 0 Å². The predicted molar refractivity (Wildman–Crippen MR) is 108 cm³/mol. The second kappa shape index (κ2) is 5.76. The predicted octanol–water partition coefficient (Wildman–Crippen LogP) is 6.55. The average Bonchev–Trinajstić information content (AvgIpc) is 3.31. The van der Waals surface area contributed by atoms with E-state index in [-0.39, 0.29) is 0 Å². The van der Waals surface area contributed by atoms with Crippen LogP contribution in [0.1, 0.15) is 4.88 Å². The second-order valence-corrected chi connectivity index (χ2v) is 8.19. The van der Waals surface area contributed by atoms with E-state index in [1.807, 2.05) is 24.3 Å². The molecule has 0 atom stereocenters. The molecule has 0 radical (unpaired) electrons. The van der Waals surface area contributed by atoms with Crippen molar-refractivity contribution in [3.8, 4) is 20.9 Å². The maximum absolute atomic E-state index is 4.98. The quantitative estimate of drug-likeness (QED) is 0.334. The zero-order valence-electron chi connectivity index (χ0n) is 13.6. The summed E-state index contributed by atoms with van der Waals surface area (Å²) in [5.41, 5.74) is 6.14. The molecule has 0 unspecified atom stereocenters. The summed E-state index contributed by atoms with van der Waals surface area (Å²) in [4.78, 5) is 13.7. The van der Waals surface area contributed by atoms with E-state index < -0.39 is 0 Å². The standard InChI is InChI=1S/C21H14N2S2/c1-13-8-11-19(25-13)15-10-9-14(18-7-4-12-24-18)20-21(15)23-17-6-3-2-5-16(17)22-20/h2-12H,1H3. The molecule has 0 fully saturated rings. The Bertz CT molecular complexity index is 1200. The van der Waals surface area contributed by atoms with Gasteiger partial charge in [-0.15, -0.1) is 22.7 Å². The lowest BCUT2D eigenvalue weighted by Gasteiger charge is -2.09. The first-order valence-electron chi connectivity index (χ1n) is 8.10. The van der Waals surface area contributed by atoms with Gasteiger partial charge < -0.3 is 0 Å². The van der Waals surface area contributed by atoms with Gasteiger partial charge in [-0.25, -0.2) is 9.97 Å². The molecule has 0 saturated heterocycles. The summed E-state index contributed by atoms with van der Waals surface area (Å²) in [5, 5.41) is 2.10. The molecule has 0 amide bonds. The van der Waals surface area contributed by atoms with Crippen LogP contribution < -0.4 is 0 Å². The Balaban J connectivity index is 1.90. The minimum atomic E-state index is 0.937. The first kappa shape index (κ1) is 14.8. The molecule has 0 spiro atoms. The largest absolute Gasteiger partial charge is 0.244 e. The van der Waals surface area contributed by atoms with E-state index in [0.717, 1.165) is 33.2 Å². The summed E-state index contributed by atoms with van der Waals surface area (Å²) in [6.07, 6.45) is 0. The minimum Gasteiger partial charge on any atom is -0.244 e. The second-order valence-electron chi connectivity index (χ2n) is 5.96. The van der Waals surface area contributed by atoms with Crippen LogP contribution in [-0.4, -0.2) is 9.97 Å². The molecule has 5 aromatic rings. The molecule has 4 heteroatoms. The molecular formula is C21H14N2S2. The molecule has 0 N–H and O–H groups in total. The van der Waals surface area contributed by atoms with Gasteiger partial charge in [-0.3, -0.25) is 0 Å². The van der Waals surface area contributed by atoms with Crippen LogP contribution in [0.4, 0.5) is 0 Å². The number of aryl methyl sites for hydroxylation is 1. The summed E-state index contributed by atoms with van der Waals surface area (Å²) in [6.45, 7) is 2.14. The van der Waals surface area contributed by atoms with Crippen LogP contribution in [0, 0.1) is 6.92 Å². The van der Waals surface area contributed by atoms with Crippen LogP contribution in [0.15, 0.2) is 66.0 Å². The van der Waals surface area contributed by atoms with Crippen LogP contribution in [0.2, 0.25) is 0 Å². The van der Waals surface area contributed by atoms with E-state index in [0.29, 0.717) is 0 Å². The Labute approximate surface area is 153 Å². The van der Waals surface area contributed by atoms with E-state index in [4.69, 9.17) is 9.97 Å². The Morgan fingerprint density at radius 3 is 1.92 bits per heavy atom. The number of benzene rings is 2. The van der Waals surface area contributed by atoms with Crippen molar-refractivity contribution in [2.75, 3.05) is 0 Å². The number of para-hydroxylation sites is 2. The number of rotatable bonds is 2. The highest BCUT2D eigenvalue weighted by Crippen LogP contribution is 2.38. The molecule has 0 aliphatic rings. The maximum Gasteiger partial charge on any atom is 0.0987 e. The van der Waals surface area contributed by atoms with Gasteiger partial charge >= 0.3 is 0 Å². The molecule has 2 aromatic carbocycles. The van der Waals surface area contributed by atoms with Gasteiger partial charge in [0, 0.05) is 25.8 Å². The summed E-state index contributed by atoms with van der Waals surface area (Å²) >= 11 is 3.54. The topological polar surface area (TPSA) is 25.8 Å². The lowest BCUT2D eigenvalue weighted by Crippen LogP contribution is -1.92. The normalized spacial score (nSPS) is 11.4. The molecule has 0 aliphatic heterocycles. The smallest absolute Gasteiger partial charge is 0.0987 e. The van der Waals surface area contributed by atoms with Gasteiger partial charge in [0.1, 0.15) is 0 Å². The Kier molecular flexibility index (Phi) is 3.40. The third-order valence-electron chi connectivity index (χ3n) is 4.29. The van der Waals surface area contributed by atoms with Gasteiger partial charge in [-0.05, 0) is 42.6 Å². The molecule has 120 valence electrons.